The second-order valence-corrected chi connectivity index (χ2v) is 11.7. The summed E-state index contributed by atoms with van der Waals surface area (Å²) < 4.78 is 12.6. The fourth-order valence-electron chi connectivity index (χ4n) is 4.82. The van der Waals surface area contributed by atoms with Crippen LogP contribution in [0.25, 0.3) is 0 Å². The first kappa shape index (κ1) is 32.5. The lowest BCUT2D eigenvalue weighted by Crippen LogP contribution is -2.31. The van der Waals surface area contributed by atoms with Crippen LogP contribution < -0.4 is 16.4 Å². The quantitative estimate of drug-likeness (QED) is 0.112. The van der Waals surface area contributed by atoms with Crippen LogP contribution in [0.3, 0.4) is 0 Å². The van der Waals surface area contributed by atoms with Gasteiger partial charge in [-0.15, -0.1) is 0 Å². The molecule has 3 aromatic carbocycles. The lowest BCUT2D eigenvalue weighted by Gasteiger charge is -2.36. The minimum atomic E-state index is -0.573. The fraction of sp³-hybridized carbons (Fsp3) is 0.394. The third kappa shape index (κ3) is 10.4. The van der Waals surface area contributed by atoms with Gasteiger partial charge in [0.1, 0.15) is 0 Å². The van der Waals surface area contributed by atoms with E-state index in [0.29, 0.717) is 54.9 Å². The Kier molecular flexibility index (Phi) is 12.9. The molecule has 3 aromatic rings. The van der Waals surface area contributed by atoms with Gasteiger partial charge in [-0.1, -0.05) is 55.0 Å². The number of aliphatic hydroxyl groups is 2. The molecular weight excluding hydrogens is 566 g/mol. The summed E-state index contributed by atoms with van der Waals surface area (Å²) in [6.45, 7) is 0.114. The maximum Gasteiger partial charge on any atom is 0.224 e. The van der Waals surface area contributed by atoms with Gasteiger partial charge in [-0.3, -0.25) is 9.59 Å². The lowest BCUT2D eigenvalue weighted by atomic mass is 10.0. The summed E-state index contributed by atoms with van der Waals surface area (Å²) in [5.74, 6) is 1.22. The first-order chi connectivity index (χ1) is 20.9. The summed E-state index contributed by atoms with van der Waals surface area (Å²) in [7, 11) is 0. The number of ether oxygens (including phenoxy) is 2. The number of amides is 2. The molecule has 0 aliphatic carbocycles. The summed E-state index contributed by atoms with van der Waals surface area (Å²) in [5, 5.41) is 24.3. The zero-order valence-corrected chi connectivity index (χ0v) is 25.1. The molecule has 3 atom stereocenters. The average Bonchev–Trinajstić information content (AvgIpc) is 3.02. The standard InChI is InChI=1S/C33H41N3O6S/c34-28-6-4-5-7-29(28)36-32(40)9-3-1-2-8-31(39)35-26-16-14-25(15-17-26)33-41-27(22-43-19-18-37)20-30(42-33)24-12-10-23(21-38)11-13-24/h4-7,10-17,27,30,33,37-38H,1-3,8-9,18-22,34H2,(H,35,39)(H,36,40)/t27-,30+,33+/m1/s1. The molecule has 230 valence electrons. The summed E-state index contributed by atoms with van der Waals surface area (Å²) in [5.41, 5.74) is 10.4. The van der Waals surface area contributed by atoms with Gasteiger partial charge < -0.3 is 36.1 Å². The van der Waals surface area contributed by atoms with E-state index in [9.17, 15) is 19.8 Å². The number of anilines is 3. The normalized spacial score (nSPS) is 18.2. The summed E-state index contributed by atoms with van der Waals surface area (Å²) >= 11 is 1.65. The van der Waals surface area contributed by atoms with Crippen LogP contribution in [0.15, 0.2) is 72.8 Å². The van der Waals surface area contributed by atoms with Crippen LogP contribution in [0.5, 0.6) is 0 Å². The molecule has 1 aliphatic rings. The monoisotopic (exact) mass is 607 g/mol. The van der Waals surface area contributed by atoms with Gasteiger partial charge >= 0.3 is 0 Å². The number of rotatable bonds is 15. The van der Waals surface area contributed by atoms with E-state index in [1.807, 2.05) is 60.7 Å². The van der Waals surface area contributed by atoms with Crippen LogP contribution in [0.1, 0.15) is 67.6 Å². The van der Waals surface area contributed by atoms with Crippen molar-refractivity contribution in [3.05, 3.63) is 89.5 Å². The van der Waals surface area contributed by atoms with Crippen molar-refractivity contribution in [1.29, 1.82) is 0 Å². The fourth-order valence-corrected chi connectivity index (χ4v) is 5.59. The Balaban J connectivity index is 1.23. The third-order valence-electron chi connectivity index (χ3n) is 7.16. The number of benzene rings is 3. The number of hydrogen-bond donors (Lipinski definition) is 5. The van der Waals surface area contributed by atoms with E-state index >= 15 is 0 Å². The van der Waals surface area contributed by atoms with E-state index in [2.05, 4.69) is 10.6 Å². The largest absolute Gasteiger partial charge is 0.397 e. The van der Waals surface area contributed by atoms with Crippen LogP contribution in [0.4, 0.5) is 17.1 Å². The molecule has 1 aliphatic heterocycles. The topological polar surface area (TPSA) is 143 Å². The van der Waals surface area contributed by atoms with Crippen LogP contribution in [0, 0.1) is 0 Å². The number of nitrogens with one attached hydrogen (secondary N) is 2. The summed E-state index contributed by atoms with van der Waals surface area (Å²) in [4.78, 5) is 24.7. The Hall–Kier alpha value is -3.41. The predicted molar refractivity (Wildman–Crippen MR) is 170 cm³/mol. The summed E-state index contributed by atoms with van der Waals surface area (Å²) in [6, 6.07) is 22.4. The van der Waals surface area contributed by atoms with Crippen molar-refractivity contribution in [2.24, 2.45) is 0 Å². The number of hydrogen-bond acceptors (Lipinski definition) is 8. The first-order valence-electron chi connectivity index (χ1n) is 14.7. The van der Waals surface area contributed by atoms with Crippen molar-refractivity contribution >= 4 is 40.6 Å². The van der Waals surface area contributed by atoms with Gasteiger partial charge in [-0.05, 0) is 48.2 Å². The molecular formula is C33H41N3O6S. The van der Waals surface area contributed by atoms with E-state index in [1.54, 1.807) is 23.9 Å². The number of nitrogen functional groups attached to an aromatic ring is 1. The van der Waals surface area contributed by atoms with Crippen molar-refractivity contribution in [1.82, 2.24) is 0 Å². The number of para-hydroxylation sites is 2. The molecule has 1 heterocycles. The Bertz CT molecular complexity index is 1300. The molecule has 2 amide bonds. The van der Waals surface area contributed by atoms with Gasteiger partial charge in [0.2, 0.25) is 11.8 Å². The molecule has 1 fully saturated rings. The van der Waals surface area contributed by atoms with Crippen LogP contribution in [-0.2, 0) is 25.7 Å². The van der Waals surface area contributed by atoms with E-state index < -0.39 is 6.29 Å². The Morgan fingerprint density at radius 1 is 0.837 bits per heavy atom. The highest BCUT2D eigenvalue weighted by Gasteiger charge is 2.32. The molecule has 0 bridgehead atoms. The maximum atomic E-state index is 12.5. The van der Waals surface area contributed by atoms with E-state index in [0.717, 1.165) is 28.9 Å². The molecule has 0 aromatic heterocycles. The average molecular weight is 608 g/mol. The smallest absolute Gasteiger partial charge is 0.224 e. The second-order valence-electron chi connectivity index (χ2n) is 10.5. The Labute approximate surface area is 257 Å². The summed E-state index contributed by atoms with van der Waals surface area (Å²) in [6.07, 6.45) is 2.77. The van der Waals surface area contributed by atoms with E-state index in [1.165, 1.54) is 0 Å². The number of unbranched alkanes of at least 4 members (excludes halogenated alkanes) is 2. The maximum absolute atomic E-state index is 12.5. The number of carbonyl (C=O) groups excluding carboxylic acids is 2. The lowest BCUT2D eigenvalue weighted by molar-refractivity contribution is -0.245. The zero-order chi connectivity index (χ0) is 30.4. The van der Waals surface area contributed by atoms with Crippen LogP contribution in [-0.4, -0.2) is 46.2 Å². The molecule has 9 nitrogen and oxygen atoms in total. The molecule has 43 heavy (non-hydrogen) atoms. The van der Waals surface area contributed by atoms with Gasteiger partial charge in [0.25, 0.3) is 0 Å². The SMILES string of the molecule is Nc1ccccc1NC(=O)CCCCCC(=O)Nc1ccc([C@H]2O[C@@H](CSCCO)C[C@@H](c3ccc(CO)cc3)O2)cc1. The highest BCUT2D eigenvalue weighted by Crippen LogP contribution is 2.39. The van der Waals surface area contributed by atoms with Crippen molar-refractivity contribution in [3.63, 3.8) is 0 Å². The highest BCUT2D eigenvalue weighted by molar-refractivity contribution is 7.99. The molecule has 10 heteroatoms. The van der Waals surface area contributed by atoms with Gasteiger partial charge in [-0.2, -0.15) is 11.8 Å². The van der Waals surface area contributed by atoms with Crippen LogP contribution in [0.2, 0.25) is 0 Å². The minimum absolute atomic E-state index is 0.00890. The van der Waals surface area contributed by atoms with Crippen molar-refractivity contribution in [2.45, 2.75) is 63.6 Å². The molecule has 0 unspecified atom stereocenters. The van der Waals surface area contributed by atoms with E-state index in [4.69, 9.17) is 15.2 Å². The third-order valence-corrected chi connectivity index (χ3v) is 8.24. The van der Waals surface area contributed by atoms with Gasteiger partial charge in [0.05, 0.1) is 36.8 Å². The first-order valence-corrected chi connectivity index (χ1v) is 15.8. The number of aliphatic hydroxyl groups excluding tert-OH is 2. The second kappa shape index (κ2) is 17.0. The minimum Gasteiger partial charge on any atom is -0.397 e. The Morgan fingerprint density at radius 2 is 1.51 bits per heavy atom. The van der Waals surface area contributed by atoms with Crippen molar-refractivity contribution < 1.29 is 29.3 Å². The van der Waals surface area contributed by atoms with Crippen molar-refractivity contribution in [3.8, 4) is 0 Å². The zero-order valence-electron chi connectivity index (χ0n) is 24.2. The molecule has 0 spiro atoms. The number of carbonyl (C=O) groups is 2. The van der Waals surface area contributed by atoms with E-state index in [-0.39, 0.29) is 37.2 Å². The van der Waals surface area contributed by atoms with Crippen LogP contribution >= 0.6 is 11.8 Å². The molecule has 4 rings (SSSR count). The van der Waals surface area contributed by atoms with Gasteiger partial charge in [0, 0.05) is 42.0 Å². The molecule has 0 radical (unpaired) electrons. The molecule has 6 N–H and O–H groups in total. The highest BCUT2D eigenvalue weighted by atomic mass is 32.2. The molecule has 1 saturated heterocycles. The number of thioether (sulfide) groups is 1. The molecule has 0 saturated carbocycles. The van der Waals surface area contributed by atoms with Gasteiger partial charge in [0.15, 0.2) is 6.29 Å². The number of nitrogens with two attached hydrogens (primary N) is 1. The van der Waals surface area contributed by atoms with Gasteiger partial charge in [-0.25, -0.2) is 0 Å². The Morgan fingerprint density at radius 3 is 2.19 bits per heavy atom. The van der Waals surface area contributed by atoms with Crippen molar-refractivity contribution in [2.75, 3.05) is 34.5 Å². The predicted octanol–water partition coefficient (Wildman–Crippen LogP) is 5.56.